The van der Waals surface area contributed by atoms with Gasteiger partial charge < -0.3 is 4.74 Å². The van der Waals surface area contributed by atoms with Gasteiger partial charge in [0.2, 0.25) is 0 Å². The summed E-state index contributed by atoms with van der Waals surface area (Å²) in [6.45, 7) is 2.91. The molecule has 1 heterocycles. The molecule has 0 aliphatic carbocycles. The topological polar surface area (TPSA) is 36.3 Å². The number of ether oxygens (including phenoxy) is 1. The van der Waals surface area contributed by atoms with E-state index < -0.39 is 0 Å². The van der Waals surface area contributed by atoms with Crippen molar-refractivity contribution < 1.29 is 4.74 Å². The fourth-order valence-electron chi connectivity index (χ4n) is 1.88. The summed E-state index contributed by atoms with van der Waals surface area (Å²) in [5.74, 6) is 0. The monoisotopic (exact) mass is 168 g/mol. The molecule has 1 aliphatic heterocycles. The van der Waals surface area contributed by atoms with Crippen molar-refractivity contribution in [2.24, 2.45) is 0 Å². The van der Waals surface area contributed by atoms with Crippen LogP contribution in [0.15, 0.2) is 0 Å². The Balaban J connectivity index is 2.74. The first-order valence-electron chi connectivity index (χ1n) is 4.51. The highest BCUT2D eigenvalue weighted by molar-refractivity contribution is 4.91. The van der Waals surface area contributed by atoms with Gasteiger partial charge in [0.25, 0.3) is 0 Å². The van der Waals surface area contributed by atoms with Crippen LogP contribution in [0.2, 0.25) is 0 Å². The van der Waals surface area contributed by atoms with Crippen molar-refractivity contribution in [2.75, 3.05) is 13.7 Å². The third kappa shape index (κ3) is 1.39. The quantitative estimate of drug-likeness (QED) is 0.589. The van der Waals surface area contributed by atoms with Crippen molar-refractivity contribution in [1.29, 1.82) is 5.26 Å². The highest BCUT2D eigenvalue weighted by Gasteiger charge is 2.36. The molecule has 1 aliphatic rings. The molecule has 1 fully saturated rings. The second kappa shape index (κ2) is 3.77. The zero-order valence-electron chi connectivity index (χ0n) is 7.84. The molecule has 0 saturated carbocycles. The lowest BCUT2D eigenvalue weighted by Gasteiger charge is -2.42. The van der Waals surface area contributed by atoms with E-state index in [4.69, 9.17) is 10.00 Å². The smallest absolute Gasteiger partial charge is 0.181 e. The number of hydrogen-bond donors (Lipinski definition) is 0. The molecule has 1 rings (SSSR count). The van der Waals surface area contributed by atoms with E-state index in [1.54, 1.807) is 12.0 Å². The summed E-state index contributed by atoms with van der Waals surface area (Å²) in [5, 5.41) is 8.88. The van der Waals surface area contributed by atoms with E-state index >= 15 is 0 Å². The largest absolute Gasteiger partial charge is 0.358 e. The molecule has 0 bridgehead atoms. The number of hydrogen-bond acceptors (Lipinski definition) is 3. The summed E-state index contributed by atoms with van der Waals surface area (Å²) >= 11 is 0. The number of rotatable bonds is 2. The van der Waals surface area contributed by atoms with Gasteiger partial charge in [-0.25, -0.2) is 0 Å². The first kappa shape index (κ1) is 9.34. The van der Waals surface area contributed by atoms with Crippen LogP contribution in [-0.4, -0.2) is 24.3 Å². The molecule has 1 unspecified atom stereocenters. The second-order valence-electron chi connectivity index (χ2n) is 3.21. The number of likely N-dealkylation sites (tertiary alicyclic amines) is 1. The van der Waals surface area contributed by atoms with E-state index in [9.17, 15) is 0 Å². The van der Waals surface area contributed by atoms with Crippen molar-refractivity contribution >= 4 is 0 Å². The van der Waals surface area contributed by atoms with Gasteiger partial charge in [0.05, 0.1) is 0 Å². The first-order valence-corrected chi connectivity index (χ1v) is 4.51. The van der Waals surface area contributed by atoms with Gasteiger partial charge in [-0.15, -0.1) is 0 Å². The fraction of sp³-hybridized carbons (Fsp3) is 0.889. The molecule has 0 radical (unpaired) electrons. The highest BCUT2D eigenvalue weighted by atomic mass is 16.5. The Bertz CT molecular complexity index is 181. The van der Waals surface area contributed by atoms with E-state index in [1.165, 1.54) is 6.42 Å². The van der Waals surface area contributed by atoms with Gasteiger partial charge in [-0.05, 0) is 25.7 Å². The standard InChI is InChI=1S/C9H16N2O/c1-3-9(12-2)6-4-5-7-11(9)8-10/h3-7H2,1-2H3. The Kier molecular flexibility index (Phi) is 2.93. The van der Waals surface area contributed by atoms with Crippen LogP contribution in [0.25, 0.3) is 0 Å². The van der Waals surface area contributed by atoms with E-state index in [2.05, 4.69) is 13.1 Å². The average molecular weight is 168 g/mol. The van der Waals surface area contributed by atoms with Crippen molar-refractivity contribution in [3.63, 3.8) is 0 Å². The summed E-state index contributed by atoms with van der Waals surface area (Å²) in [6.07, 6.45) is 6.35. The van der Waals surface area contributed by atoms with Crippen LogP contribution in [0.4, 0.5) is 0 Å². The van der Waals surface area contributed by atoms with Crippen LogP contribution in [-0.2, 0) is 4.74 Å². The molecule has 0 N–H and O–H groups in total. The summed E-state index contributed by atoms with van der Waals surface area (Å²) < 4.78 is 5.43. The highest BCUT2D eigenvalue weighted by Crippen LogP contribution is 2.30. The van der Waals surface area contributed by atoms with Gasteiger partial charge in [-0.1, -0.05) is 6.92 Å². The van der Waals surface area contributed by atoms with Gasteiger partial charge in [-0.2, -0.15) is 5.26 Å². The second-order valence-corrected chi connectivity index (χ2v) is 3.21. The molecular weight excluding hydrogens is 152 g/mol. The van der Waals surface area contributed by atoms with Crippen LogP contribution < -0.4 is 0 Å². The zero-order valence-corrected chi connectivity index (χ0v) is 7.84. The number of methoxy groups -OCH3 is 1. The first-order chi connectivity index (χ1) is 5.79. The maximum absolute atomic E-state index is 8.88. The summed E-state index contributed by atoms with van der Waals surface area (Å²) in [6, 6.07) is 0. The van der Waals surface area contributed by atoms with Gasteiger partial charge in [-0.3, -0.25) is 4.90 Å². The van der Waals surface area contributed by atoms with E-state index in [-0.39, 0.29) is 5.72 Å². The van der Waals surface area contributed by atoms with Gasteiger partial charge in [0.1, 0.15) is 5.72 Å². The minimum atomic E-state index is -0.299. The van der Waals surface area contributed by atoms with Gasteiger partial charge in [0, 0.05) is 13.7 Å². The molecule has 68 valence electrons. The van der Waals surface area contributed by atoms with E-state index in [0.717, 1.165) is 25.8 Å². The number of piperidine rings is 1. The van der Waals surface area contributed by atoms with Crippen LogP contribution in [0, 0.1) is 11.5 Å². The molecule has 1 saturated heterocycles. The Morgan fingerprint density at radius 2 is 2.33 bits per heavy atom. The fourth-order valence-corrected chi connectivity index (χ4v) is 1.88. The average Bonchev–Trinajstić information content (AvgIpc) is 2.17. The zero-order chi connectivity index (χ0) is 9.03. The van der Waals surface area contributed by atoms with Gasteiger partial charge >= 0.3 is 0 Å². The number of nitrogens with zero attached hydrogens (tertiary/aromatic N) is 2. The lowest BCUT2D eigenvalue weighted by atomic mass is 9.96. The maximum atomic E-state index is 8.88. The predicted octanol–water partition coefficient (Wildman–Crippen LogP) is 1.71. The van der Waals surface area contributed by atoms with Gasteiger partial charge in [0.15, 0.2) is 6.19 Å². The molecule has 3 heteroatoms. The Labute approximate surface area is 73.9 Å². The Morgan fingerprint density at radius 1 is 1.58 bits per heavy atom. The molecule has 12 heavy (non-hydrogen) atoms. The van der Waals surface area contributed by atoms with E-state index in [0.29, 0.717) is 0 Å². The predicted molar refractivity (Wildman–Crippen MR) is 46.2 cm³/mol. The van der Waals surface area contributed by atoms with Crippen LogP contribution in [0.5, 0.6) is 0 Å². The maximum Gasteiger partial charge on any atom is 0.181 e. The minimum Gasteiger partial charge on any atom is -0.358 e. The normalized spacial score (nSPS) is 29.9. The molecule has 0 aromatic carbocycles. The molecule has 0 spiro atoms. The summed E-state index contributed by atoms with van der Waals surface area (Å²) in [4.78, 5) is 1.77. The van der Waals surface area contributed by atoms with Crippen molar-refractivity contribution in [1.82, 2.24) is 4.90 Å². The molecule has 0 aromatic heterocycles. The molecule has 0 amide bonds. The Hall–Kier alpha value is -0.750. The minimum absolute atomic E-state index is 0.299. The Morgan fingerprint density at radius 3 is 2.75 bits per heavy atom. The van der Waals surface area contributed by atoms with Crippen LogP contribution in [0.1, 0.15) is 32.6 Å². The molecule has 3 nitrogen and oxygen atoms in total. The summed E-state index contributed by atoms with van der Waals surface area (Å²) in [5.41, 5.74) is -0.299. The van der Waals surface area contributed by atoms with Crippen LogP contribution >= 0.6 is 0 Å². The molecule has 0 aromatic rings. The molecule has 1 atom stereocenters. The van der Waals surface area contributed by atoms with Crippen molar-refractivity contribution in [3.05, 3.63) is 0 Å². The van der Waals surface area contributed by atoms with Crippen LogP contribution in [0.3, 0.4) is 0 Å². The number of nitriles is 1. The van der Waals surface area contributed by atoms with Crippen molar-refractivity contribution in [3.8, 4) is 6.19 Å². The molecular formula is C9H16N2O. The third-order valence-corrected chi connectivity index (χ3v) is 2.74. The third-order valence-electron chi connectivity index (χ3n) is 2.74. The lowest BCUT2D eigenvalue weighted by Crippen LogP contribution is -2.50. The SMILES string of the molecule is CCC1(OC)CCCCN1C#N. The summed E-state index contributed by atoms with van der Waals surface area (Å²) in [7, 11) is 1.69. The van der Waals surface area contributed by atoms with Crippen molar-refractivity contribution in [2.45, 2.75) is 38.3 Å². The van der Waals surface area contributed by atoms with E-state index in [1.807, 2.05) is 0 Å². The lowest BCUT2D eigenvalue weighted by molar-refractivity contribution is -0.133.